The third-order valence-electron chi connectivity index (χ3n) is 1.32. The molecule has 5 nitrogen and oxygen atoms in total. The number of carboxylic acids is 1. The molecule has 0 saturated carbocycles. The highest BCUT2D eigenvalue weighted by Gasteiger charge is 2.13. The molecule has 13 heavy (non-hydrogen) atoms. The smallest absolute Gasteiger partial charge is 0.325 e. The lowest BCUT2D eigenvalue weighted by Crippen LogP contribution is -2.46. The molecule has 0 aliphatic rings. The van der Waals surface area contributed by atoms with Crippen LogP contribution in [0, 0.1) is 12.3 Å². The number of amides is 2. The van der Waals surface area contributed by atoms with Gasteiger partial charge in [-0.05, 0) is 13.8 Å². The molecule has 2 amide bonds. The van der Waals surface area contributed by atoms with Gasteiger partial charge < -0.3 is 15.7 Å². The van der Waals surface area contributed by atoms with Gasteiger partial charge in [0.2, 0.25) is 0 Å². The van der Waals surface area contributed by atoms with Crippen LogP contribution in [0.5, 0.6) is 0 Å². The molecule has 1 unspecified atom stereocenters. The number of carbonyl (C=O) groups excluding carboxylic acids is 1. The van der Waals surface area contributed by atoms with Gasteiger partial charge in [0.15, 0.2) is 0 Å². The molecule has 0 saturated heterocycles. The number of nitrogens with one attached hydrogen (secondary N) is 2. The first-order valence-corrected chi connectivity index (χ1v) is 3.73. The number of hydrogen-bond donors (Lipinski definition) is 3. The highest BCUT2D eigenvalue weighted by atomic mass is 16.4. The zero-order valence-electron chi connectivity index (χ0n) is 7.50. The van der Waals surface area contributed by atoms with Crippen LogP contribution in [0.15, 0.2) is 0 Å². The molecule has 0 aromatic carbocycles. The second-order valence-corrected chi connectivity index (χ2v) is 2.57. The van der Waals surface area contributed by atoms with E-state index in [4.69, 9.17) is 11.5 Å². The molecule has 0 fully saturated rings. The number of aliphatic carboxylic acids is 1. The maximum atomic E-state index is 10.9. The van der Waals surface area contributed by atoms with Gasteiger partial charge in [0.25, 0.3) is 0 Å². The van der Waals surface area contributed by atoms with Crippen LogP contribution in [0.3, 0.4) is 0 Å². The molecule has 0 aliphatic heterocycles. The third-order valence-corrected chi connectivity index (χ3v) is 1.32. The molecule has 0 bridgehead atoms. The highest BCUT2D eigenvalue weighted by Crippen LogP contribution is 1.82. The van der Waals surface area contributed by atoms with Gasteiger partial charge in [-0.1, -0.05) is 5.92 Å². The number of carbonyl (C=O) groups is 2. The third kappa shape index (κ3) is 4.69. The quantitative estimate of drug-likeness (QED) is 0.530. The van der Waals surface area contributed by atoms with E-state index in [0.717, 1.165) is 0 Å². The Kier molecular flexibility index (Phi) is 4.38. The summed E-state index contributed by atoms with van der Waals surface area (Å²) in [4.78, 5) is 21.3. The summed E-state index contributed by atoms with van der Waals surface area (Å²) in [5.41, 5.74) is 0. The maximum absolute atomic E-state index is 10.9. The van der Waals surface area contributed by atoms with Gasteiger partial charge in [-0.25, -0.2) is 4.79 Å². The Bertz CT molecular complexity index is 244. The topological polar surface area (TPSA) is 78.4 Å². The van der Waals surface area contributed by atoms with E-state index in [1.807, 2.05) is 0 Å². The van der Waals surface area contributed by atoms with Crippen molar-refractivity contribution in [3.05, 3.63) is 0 Å². The second-order valence-electron chi connectivity index (χ2n) is 2.57. The number of urea groups is 1. The zero-order valence-corrected chi connectivity index (χ0v) is 7.50. The van der Waals surface area contributed by atoms with Crippen molar-refractivity contribution in [2.75, 3.05) is 0 Å². The first-order valence-electron chi connectivity index (χ1n) is 3.73. The van der Waals surface area contributed by atoms with Crippen molar-refractivity contribution >= 4 is 12.0 Å². The Morgan fingerprint density at radius 1 is 1.38 bits per heavy atom. The Hall–Kier alpha value is -1.70. The average Bonchev–Trinajstić information content (AvgIpc) is 2.03. The van der Waals surface area contributed by atoms with Crippen molar-refractivity contribution in [3.63, 3.8) is 0 Å². The molecular formula is C8H12N2O3. The van der Waals surface area contributed by atoms with Crippen molar-refractivity contribution in [2.45, 2.75) is 25.9 Å². The zero-order chi connectivity index (χ0) is 10.4. The fourth-order valence-corrected chi connectivity index (χ4v) is 0.538. The van der Waals surface area contributed by atoms with E-state index in [1.54, 1.807) is 6.92 Å². The van der Waals surface area contributed by atoms with Crippen LogP contribution in [-0.2, 0) is 4.79 Å². The van der Waals surface area contributed by atoms with E-state index in [9.17, 15) is 9.59 Å². The molecule has 0 aliphatic carbocycles. The molecular weight excluding hydrogens is 172 g/mol. The molecule has 0 heterocycles. The summed E-state index contributed by atoms with van der Waals surface area (Å²) in [6.45, 7) is 2.98. The summed E-state index contributed by atoms with van der Waals surface area (Å²) in [5, 5.41) is 13.0. The minimum absolute atomic E-state index is 0.416. The van der Waals surface area contributed by atoms with E-state index in [0.29, 0.717) is 0 Å². The number of carboxylic acid groups (broad SMARTS) is 1. The maximum Gasteiger partial charge on any atom is 0.325 e. The normalized spacial score (nSPS) is 13.6. The summed E-state index contributed by atoms with van der Waals surface area (Å²) in [7, 11) is 0. The predicted octanol–water partition coefficient (Wildman–Crippen LogP) is -0.220. The van der Waals surface area contributed by atoms with Crippen molar-refractivity contribution < 1.29 is 14.7 Å². The highest BCUT2D eigenvalue weighted by molar-refractivity contribution is 5.82. The second kappa shape index (κ2) is 5.04. The lowest BCUT2D eigenvalue weighted by Gasteiger charge is -2.11. The molecule has 3 N–H and O–H groups in total. The van der Waals surface area contributed by atoms with Crippen LogP contribution >= 0.6 is 0 Å². The van der Waals surface area contributed by atoms with Crippen molar-refractivity contribution in [1.29, 1.82) is 0 Å². The summed E-state index contributed by atoms with van der Waals surface area (Å²) < 4.78 is 0. The SMILES string of the molecule is C#CC(C)NC(=O)N[C@H](C)C(=O)O. The summed E-state index contributed by atoms with van der Waals surface area (Å²) in [6, 6.07) is -1.92. The summed E-state index contributed by atoms with van der Waals surface area (Å²) in [6.07, 6.45) is 5.00. The first-order chi connectivity index (χ1) is 5.97. The van der Waals surface area contributed by atoms with Gasteiger partial charge in [-0.15, -0.1) is 6.42 Å². The van der Waals surface area contributed by atoms with E-state index in [1.165, 1.54) is 6.92 Å². The predicted molar refractivity (Wildman–Crippen MR) is 47.1 cm³/mol. The minimum atomic E-state index is -1.09. The number of terminal acetylenes is 1. The van der Waals surface area contributed by atoms with E-state index >= 15 is 0 Å². The van der Waals surface area contributed by atoms with Crippen LogP contribution in [0.2, 0.25) is 0 Å². The summed E-state index contributed by atoms with van der Waals surface area (Å²) in [5.74, 6) is 1.18. The Labute approximate surface area is 76.5 Å². The van der Waals surface area contributed by atoms with Crippen LogP contribution in [-0.4, -0.2) is 29.2 Å². The average molecular weight is 184 g/mol. The van der Waals surface area contributed by atoms with E-state index < -0.39 is 24.1 Å². The molecule has 0 radical (unpaired) electrons. The van der Waals surface area contributed by atoms with Gasteiger partial charge in [0.1, 0.15) is 6.04 Å². The largest absolute Gasteiger partial charge is 0.480 e. The minimum Gasteiger partial charge on any atom is -0.480 e. The van der Waals surface area contributed by atoms with Crippen LogP contribution in [0.4, 0.5) is 4.79 Å². The van der Waals surface area contributed by atoms with Gasteiger partial charge in [-0.2, -0.15) is 0 Å². The van der Waals surface area contributed by atoms with Gasteiger partial charge >= 0.3 is 12.0 Å². The lowest BCUT2D eigenvalue weighted by atomic mass is 10.3. The van der Waals surface area contributed by atoms with Crippen LogP contribution in [0.1, 0.15) is 13.8 Å². The number of hydrogen-bond acceptors (Lipinski definition) is 2. The van der Waals surface area contributed by atoms with Crippen molar-refractivity contribution in [3.8, 4) is 12.3 Å². The molecule has 2 atom stereocenters. The van der Waals surface area contributed by atoms with Crippen LogP contribution in [0.25, 0.3) is 0 Å². The van der Waals surface area contributed by atoms with Crippen molar-refractivity contribution in [1.82, 2.24) is 10.6 Å². The van der Waals surface area contributed by atoms with Crippen LogP contribution < -0.4 is 10.6 Å². The molecule has 0 aromatic rings. The van der Waals surface area contributed by atoms with E-state index in [-0.39, 0.29) is 0 Å². The standard InChI is InChI=1S/C8H12N2O3/c1-4-5(2)9-8(13)10-6(3)7(11)12/h1,5-6H,2-3H3,(H,11,12)(H2,9,10,13)/t5?,6-/m1/s1. The summed E-state index contributed by atoms with van der Waals surface area (Å²) >= 11 is 0. The lowest BCUT2D eigenvalue weighted by molar-refractivity contribution is -0.138. The Morgan fingerprint density at radius 2 is 1.92 bits per heavy atom. The van der Waals surface area contributed by atoms with Gasteiger partial charge in [0, 0.05) is 0 Å². The molecule has 72 valence electrons. The molecule has 0 aromatic heterocycles. The van der Waals surface area contributed by atoms with E-state index in [2.05, 4.69) is 16.6 Å². The fourth-order valence-electron chi connectivity index (χ4n) is 0.538. The van der Waals surface area contributed by atoms with Crippen molar-refractivity contribution in [2.24, 2.45) is 0 Å². The monoisotopic (exact) mass is 184 g/mol. The van der Waals surface area contributed by atoms with Gasteiger partial charge in [-0.3, -0.25) is 4.79 Å². The molecule has 0 rings (SSSR count). The Morgan fingerprint density at radius 3 is 2.31 bits per heavy atom. The first kappa shape index (κ1) is 11.3. The number of rotatable bonds is 3. The molecule has 0 spiro atoms. The fraction of sp³-hybridized carbons (Fsp3) is 0.500. The van der Waals surface area contributed by atoms with Gasteiger partial charge in [0.05, 0.1) is 6.04 Å². The molecule has 5 heteroatoms. The Balaban J connectivity index is 3.89.